The van der Waals surface area contributed by atoms with Gasteiger partial charge in [-0.15, -0.1) is 0 Å². The summed E-state index contributed by atoms with van der Waals surface area (Å²) in [5.74, 6) is -2.61. The van der Waals surface area contributed by atoms with Crippen molar-refractivity contribution in [3.05, 3.63) is 87.7 Å². The molecule has 0 radical (unpaired) electrons. The van der Waals surface area contributed by atoms with Crippen LogP contribution in [0.5, 0.6) is 11.5 Å². The fraction of sp³-hybridized carbons (Fsp3) is 0.259. The Bertz CT molecular complexity index is 1550. The monoisotopic (exact) mass is 616 g/mol. The minimum atomic E-state index is -4.87. The van der Waals surface area contributed by atoms with Crippen molar-refractivity contribution in [2.24, 2.45) is 0 Å². The fourth-order valence-corrected chi connectivity index (χ4v) is 4.46. The lowest BCUT2D eigenvalue weighted by atomic mass is 10.00. The van der Waals surface area contributed by atoms with Crippen LogP contribution in [0.15, 0.2) is 54.6 Å². The van der Waals surface area contributed by atoms with E-state index in [1.807, 2.05) is 0 Å². The molecule has 14 heteroatoms. The summed E-state index contributed by atoms with van der Waals surface area (Å²) in [6.45, 7) is 1.30. The lowest BCUT2D eigenvalue weighted by molar-refractivity contribution is -0.137. The van der Waals surface area contributed by atoms with Crippen LogP contribution in [0, 0.1) is 12.7 Å². The highest BCUT2D eigenvalue weighted by atomic mass is 35.5. The number of benzene rings is 3. The van der Waals surface area contributed by atoms with Gasteiger partial charge in [0.15, 0.2) is 12.4 Å². The Morgan fingerprint density at radius 2 is 1.73 bits per heavy atom. The van der Waals surface area contributed by atoms with Gasteiger partial charge < -0.3 is 14.8 Å². The summed E-state index contributed by atoms with van der Waals surface area (Å²) in [5, 5.41) is 2.70. The van der Waals surface area contributed by atoms with Gasteiger partial charge in [0.25, 0.3) is 5.91 Å². The highest BCUT2D eigenvalue weighted by Crippen LogP contribution is 2.32. The number of alkyl halides is 3. The fourth-order valence-electron chi connectivity index (χ4n) is 3.58. The third kappa shape index (κ3) is 9.17. The highest BCUT2D eigenvalue weighted by molar-refractivity contribution is 7.89. The van der Waals surface area contributed by atoms with E-state index in [1.165, 1.54) is 19.2 Å². The molecule has 0 aliphatic heterocycles. The zero-order valence-corrected chi connectivity index (χ0v) is 23.3. The van der Waals surface area contributed by atoms with E-state index in [4.69, 9.17) is 21.1 Å². The molecule has 0 aromatic heterocycles. The molecule has 0 spiro atoms. The Balaban J connectivity index is 1.66. The van der Waals surface area contributed by atoms with E-state index in [2.05, 4.69) is 10.0 Å². The van der Waals surface area contributed by atoms with E-state index < -0.39 is 51.4 Å². The van der Waals surface area contributed by atoms with Crippen molar-refractivity contribution in [3.8, 4) is 11.5 Å². The SMILES string of the molecule is CNS(=O)(=O)CCCOc1ccc(NC(=O)COc2ccc(Cl)cc2C(=O)c2cc(F)cc(C(F)(F)F)c2)c(C)c1. The van der Waals surface area contributed by atoms with E-state index in [9.17, 15) is 35.6 Å². The minimum absolute atomic E-state index is 0.0687. The van der Waals surface area contributed by atoms with Crippen LogP contribution < -0.4 is 19.5 Å². The number of amides is 1. The summed E-state index contributed by atoms with van der Waals surface area (Å²) in [6.07, 6.45) is -4.60. The quantitative estimate of drug-likeness (QED) is 0.161. The Morgan fingerprint density at radius 1 is 1.00 bits per heavy atom. The van der Waals surface area contributed by atoms with Crippen LogP contribution in [0.2, 0.25) is 5.02 Å². The molecule has 0 heterocycles. The van der Waals surface area contributed by atoms with Crippen LogP contribution in [0.4, 0.5) is 23.2 Å². The predicted molar refractivity (Wildman–Crippen MR) is 145 cm³/mol. The molecule has 41 heavy (non-hydrogen) atoms. The summed E-state index contributed by atoms with van der Waals surface area (Å²) in [6, 6.07) is 10.0. The van der Waals surface area contributed by atoms with Gasteiger partial charge in [-0.3, -0.25) is 9.59 Å². The van der Waals surface area contributed by atoms with E-state index in [1.54, 1.807) is 25.1 Å². The molecule has 220 valence electrons. The number of sulfonamides is 1. The topological polar surface area (TPSA) is 111 Å². The van der Waals surface area contributed by atoms with Gasteiger partial charge >= 0.3 is 6.18 Å². The number of halogens is 5. The Labute approximate surface area is 238 Å². The van der Waals surface area contributed by atoms with Crippen LogP contribution in [0.1, 0.15) is 33.5 Å². The van der Waals surface area contributed by atoms with Crippen molar-refractivity contribution in [2.45, 2.75) is 19.5 Å². The Hall–Kier alpha value is -3.68. The first-order valence-corrected chi connectivity index (χ1v) is 14.0. The lowest BCUT2D eigenvalue weighted by Gasteiger charge is -2.14. The number of hydrogen-bond acceptors (Lipinski definition) is 6. The van der Waals surface area contributed by atoms with Crippen LogP contribution in [0.25, 0.3) is 0 Å². The third-order valence-electron chi connectivity index (χ3n) is 5.64. The Kier molecular flexibility index (Phi) is 10.3. The minimum Gasteiger partial charge on any atom is -0.494 e. The summed E-state index contributed by atoms with van der Waals surface area (Å²) in [4.78, 5) is 25.6. The smallest absolute Gasteiger partial charge is 0.416 e. The molecule has 0 atom stereocenters. The molecule has 0 bridgehead atoms. The number of carbonyl (C=O) groups excluding carboxylic acids is 2. The number of anilines is 1. The summed E-state index contributed by atoms with van der Waals surface area (Å²) in [5.41, 5.74) is -1.11. The molecular weight excluding hydrogens is 592 g/mol. The molecule has 0 saturated carbocycles. The molecule has 3 aromatic carbocycles. The maximum Gasteiger partial charge on any atom is 0.416 e. The average molecular weight is 617 g/mol. The van der Waals surface area contributed by atoms with Gasteiger partial charge in [0.1, 0.15) is 17.3 Å². The second-order valence-corrected chi connectivity index (χ2v) is 11.2. The number of carbonyl (C=O) groups is 2. The van der Waals surface area contributed by atoms with Crippen molar-refractivity contribution in [3.63, 3.8) is 0 Å². The highest BCUT2D eigenvalue weighted by Gasteiger charge is 2.32. The van der Waals surface area contributed by atoms with Crippen LogP contribution in [-0.2, 0) is 21.0 Å². The molecule has 0 aliphatic rings. The third-order valence-corrected chi connectivity index (χ3v) is 7.32. The van der Waals surface area contributed by atoms with Crippen molar-refractivity contribution < 1.29 is 45.0 Å². The van der Waals surface area contributed by atoms with E-state index in [-0.39, 0.29) is 41.2 Å². The molecule has 3 rings (SSSR count). The molecule has 1 amide bonds. The first kappa shape index (κ1) is 31.8. The van der Waals surface area contributed by atoms with E-state index in [0.717, 1.165) is 6.07 Å². The largest absolute Gasteiger partial charge is 0.494 e. The average Bonchev–Trinajstić information content (AvgIpc) is 2.90. The second-order valence-electron chi connectivity index (χ2n) is 8.73. The first-order valence-electron chi connectivity index (χ1n) is 12.0. The lowest BCUT2D eigenvalue weighted by Crippen LogP contribution is -2.23. The van der Waals surface area contributed by atoms with Gasteiger partial charge in [-0.05, 0) is 80.6 Å². The molecule has 3 aromatic rings. The molecule has 0 aliphatic carbocycles. The van der Waals surface area contributed by atoms with Crippen molar-refractivity contribution >= 4 is 39.0 Å². The molecule has 0 unspecified atom stereocenters. The predicted octanol–water partition coefficient (Wildman–Crippen LogP) is 5.37. The summed E-state index contributed by atoms with van der Waals surface area (Å²) >= 11 is 5.97. The zero-order valence-electron chi connectivity index (χ0n) is 21.8. The maximum atomic E-state index is 13.9. The standard InChI is InChI=1S/C27H25ClF4N2O6S/c1-16-10-21(39-8-3-9-41(37,38)33-2)5-6-23(16)34-25(35)15-40-24-7-4-19(28)14-22(24)26(36)17-11-18(27(30,31)32)13-20(29)12-17/h4-7,10-14,33H,3,8-9,15H2,1-2H3,(H,34,35). The normalized spacial score (nSPS) is 11.7. The van der Waals surface area contributed by atoms with E-state index in [0.29, 0.717) is 29.1 Å². The van der Waals surface area contributed by atoms with Crippen LogP contribution >= 0.6 is 11.6 Å². The molecule has 8 nitrogen and oxygen atoms in total. The number of hydrogen-bond donors (Lipinski definition) is 2. The molecule has 2 N–H and O–H groups in total. The number of nitrogens with one attached hydrogen (secondary N) is 2. The number of rotatable bonds is 12. The number of aryl methyl sites for hydroxylation is 1. The first-order chi connectivity index (χ1) is 19.2. The Morgan fingerprint density at radius 3 is 2.39 bits per heavy atom. The maximum absolute atomic E-state index is 13.9. The van der Waals surface area contributed by atoms with Gasteiger partial charge in [-0.1, -0.05) is 11.6 Å². The van der Waals surface area contributed by atoms with E-state index >= 15 is 0 Å². The van der Waals surface area contributed by atoms with Gasteiger partial charge in [0.2, 0.25) is 10.0 Å². The van der Waals surface area contributed by atoms with Crippen LogP contribution in [-0.4, -0.2) is 46.1 Å². The van der Waals surface area contributed by atoms with Crippen molar-refractivity contribution in [2.75, 3.05) is 31.3 Å². The zero-order chi connectivity index (χ0) is 30.4. The van der Waals surface area contributed by atoms with Gasteiger partial charge in [-0.2, -0.15) is 13.2 Å². The van der Waals surface area contributed by atoms with Gasteiger partial charge in [0.05, 0.1) is 23.5 Å². The summed E-state index contributed by atoms with van der Waals surface area (Å²) < 4.78 is 89.4. The van der Waals surface area contributed by atoms with Crippen molar-refractivity contribution in [1.29, 1.82) is 0 Å². The number of ketones is 1. The van der Waals surface area contributed by atoms with Gasteiger partial charge in [-0.25, -0.2) is 17.5 Å². The van der Waals surface area contributed by atoms with Gasteiger partial charge in [0, 0.05) is 16.3 Å². The number of ether oxygens (including phenoxy) is 2. The second kappa shape index (κ2) is 13.3. The molecule has 0 saturated heterocycles. The molecule has 0 fully saturated rings. The van der Waals surface area contributed by atoms with Crippen LogP contribution in [0.3, 0.4) is 0 Å². The van der Waals surface area contributed by atoms with Crippen molar-refractivity contribution in [1.82, 2.24) is 4.72 Å². The molecular formula is C27H25ClF4N2O6S. The summed E-state index contributed by atoms with van der Waals surface area (Å²) in [7, 11) is -2.00.